The van der Waals surface area contributed by atoms with Gasteiger partial charge in [0.15, 0.2) is 0 Å². The molecular formula is C21H22FN5O2. The molecule has 0 radical (unpaired) electrons. The molecule has 29 heavy (non-hydrogen) atoms. The Labute approximate surface area is 167 Å². The molecule has 1 amide bonds. The van der Waals surface area contributed by atoms with E-state index in [4.69, 9.17) is 4.42 Å². The van der Waals surface area contributed by atoms with Crippen LogP contribution >= 0.6 is 0 Å². The van der Waals surface area contributed by atoms with Gasteiger partial charge in [-0.2, -0.15) is 5.10 Å². The van der Waals surface area contributed by atoms with E-state index in [1.807, 2.05) is 4.90 Å². The number of piperidine rings is 1. The van der Waals surface area contributed by atoms with E-state index < -0.39 is 0 Å². The molecule has 0 N–H and O–H groups in total. The van der Waals surface area contributed by atoms with Gasteiger partial charge in [-0.05, 0) is 56.0 Å². The van der Waals surface area contributed by atoms with E-state index in [2.05, 4.69) is 15.3 Å². The van der Waals surface area contributed by atoms with E-state index in [9.17, 15) is 9.18 Å². The van der Waals surface area contributed by atoms with E-state index in [0.717, 1.165) is 37.1 Å². The summed E-state index contributed by atoms with van der Waals surface area (Å²) in [7, 11) is 1.75. The molecule has 0 atom stereocenters. The number of carbonyl (C=O) groups excluding carboxylic acids is 1. The number of nitrogens with zero attached hydrogens (tertiary/aromatic N) is 5. The molecule has 2 aliphatic rings. The van der Waals surface area contributed by atoms with Gasteiger partial charge in [0.05, 0.1) is 5.69 Å². The predicted molar refractivity (Wildman–Crippen MR) is 103 cm³/mol. The smallest absolute Gasteiger partial charge is 0.272 e. The molecule has 1 saturated heterocycles. The number of aryl methyl sites for hydroxylation is 1. The average molecular weight is 395 g/mol. The second-order valence-electron chi connectivity index (χ2n) is 7.86. The van der Waals surface area contributed by atoms with E-state index in [1.54, 1.807) is 29.9 Å². The third kappa shape index (κ3) is 3.54. The minimum atomic E-state index is -0.297. The van der Waals surface area contributed by atoms with E-state index in [0.29, 0.717) is 36.3 Å². The van der Waals surface area contributed by atoms with Crippen LogP contribution in [0.15, 0.2) is 34.7 Å². The molecule has 1 aliphatic heterocycles. The van der Waals surface area contributed by atoms with Gasteiger partial charge < -0.3 is 9.32 Å². The van der Waals surface area contributed by atoms with Crippen LogP contribution in [-0.2, 0) is 7.05 Å². The van der Waals surface area contributed by atoms with Crippen molar-refractivity contribution in [2.24, 2.45) is 7.05 Å². The summed E-state index contributed by atoms with van der Waals surface area (Å²) in [5.74, 6) is 1.80. The lowest BCUT2D eigenvalue weighted by Gasteiger charge is -2.30. The molecule has 5 rings (SSSR count). The maximum absolute atomic E-state index is 13.2. The summed E-state index contributed by atoms with van der Waals surface area (Å²) in [6.07, 6.45) is 3.89. The van der Waals surface area contributed by atoms with Crippen LogP contribution < -0.4 is 0 Å². The Bertz CT molecular complexity index is 1030. The molecule has 0 unspecified atom stereocenters. The van der Waals surface area contributed by atoms with Crippen molar-refractivity contribution < 1.29 is 13.6 Å². The summed E-state index contributed by atoms with van der Waals surface area (Å²) in [6.45, 7) is 1.28. The highest BCUT2D eigenvalue weighted by Gasteiger charge is 2.33. The van der Waals surface area contributed by atoms with Crippen LogP contribution in [0.3, 0.4) is 0 Å². The number of halogens is 1. The Kier molecular flexibility index (Phi) is 4.41. The molecule has 2 fully saturated rings. The zero-order valence-corrected chi connectivity index (χ0v) is 16.2. The Morgan fingerprint density at radius 1 is 1.03 bits per heavy atom. The van der Waals surface area contributed by atoms with E-state index >= 15 is 0 Å². The van der Waals surface area contributed by atoms with Crippen molar-refractivity contribution in [1.29, 1.82) is 0 Å². The van der Waals surface area contributed by atoms with Crippen molar-refractivity contribution >= 4 is 5.91 Å². The normalized spacial score (nSPS) is 17.7. The van der Waals surface area contributed by atoms with Crippen LogP contribution in [0.4, 0.5) is 4.39 Å². The Balaban J connectivity index is 1.26. The van der Waals surface area contributed by atoms with E-state index in [1.165, 1.54) is 12.1 Å². The van der Waals surface area contributed by atoms with Gasteiger partial charge in [0.2, 0.25) is 11.8 Å². The van der Waals surface area contributed by atoms with Crippen LogP contribution in [0.5, 0.6) is 0 Å². The highest BCUT2D eigenvalue weighted by atomic mass is 19.1. The van der Waals surface area contributed by atoms with Gasteiger partial charge >= 0.3 is 0 Å². The SMILES string of the molecule is Cn1nc(-c2ccc(F)cc2)cc1C(=O)N1CCC(c2nnc(C3CC3)o2)CC1. The van der Waals surface area contributed by atoms with Crippen molar-refractivity contribution in [3.05, 3.63) is 53.6 Å². The van der Waals surface area contributed by atoms with Gasteiger partial charge in [0.25, 0.3) is 5.91 Å². The second kappa shape index (κ2) is 7.09. The molecule has 7 nitrogen and oxygen atoms in total. The third-order valence-electron chi connectivity index (χ3n) is 5.75. The number of hydrogen-bond acceptors (Lipinski definition) is 5. The summed E-state index contributed by atoms with van der Waals surface area (Å²) in [5.41, 5.74) is 1.96. The summed E-state index contributed by atoms with van der Waals surface area (Å²) < 4.78 is 20.6. The first kappa shape index (κ1) is 18.0. The number of carbonyl (C=O) groups is 1. The standard InChI is InChI=1S/C21H22FN5O2/c1-26-18(12-17(25-26)13-4-6-16(22)7-5-13)21(28)27-10-8-15(9-11-27)20-24-23-19(29-20)14-2-3-14/h4-7,12,14-15H,2-3,8-11H2,1H3. The first-order chi connectivity index (χ1) is 14.1. The second-order valence-corrected chi connectivity index (χ2v) is 7.86. The number of aromatic nitrogens is 4. The molecule has 0 spiro atoms. The Hall–Kier alpha value is -3.03. The summed E-state index contributed by atoms with van der Waals surface area (Å²) >= 11 is 0. The minimum Gasteiger partial charge on any atom is -0.425 e. The zero-order valence-electron chi connectivity index (χ0n) is 16.2. The number of hydrogen-bond donors (Lipinski definition) is 0. The predicted octanol–water partition coefficient (Wildman–Crippen LogP) is 3.51. The van der Waals surface area contributed by atoms with Gasteiger partial charge in [-0.25, -0.2) is 4.39 Å². The van der Waals surface area contributed by atoms with Gasteiger partial charge in [-0.15, -0.1) is 10.2 Å². The Morgan fingerprint density at radius 2 is 1.66 bits per heavy atom. The molecule has 8 heteroatoms. The number of likely N-dealkylation sites (tertiary alicyclic amines) is 1. The molecule has 3 heterocycles. The lowest BCUT2D eigenvalue weighted by atomic mass is 9.96. The summed E-state index contributed by atoms with van der Waals surface area (Å²) in [4.78, 5) is 14.9. The monoisotopic (exact) mass is 395 g/mol. The van der Waals surface area contributed by atoms with Crippen LogP contribution in [0.1, 0.15) is 59.8 Å². The van der Waals surface area contributed by atoms with Gasteiger partial charge in [0.1, 0.15) is 11.5 Å². The molecule has 1 aromatic carbocycles. The molecule has 1 saturated carbocycles. The fourth-order valence-electron chi connectivity index (χ4n) is 3.83. The first-order valence-electron chi connectivity index (χ1n) is 10.0. The number of benzene rings is 1. The molecule has 0 bridgehead atoms. The van der Waals surface area contributed by atoms with Crippen molar-refractivity contribution in [2.45, 2.75) is 37.5 Å². The first-order valence-corrected chi connectivity index (χ1v) is 10.0. The third-order valence-corrected chi connectivity index (χ3v) is 5.75. The van der Waals surface area contributed by atoms with E-state index in [-0.39, 0.29) is 17.6 Å². The van der Waals surface area contributed by atoms with Gasteiger partial charge in [0, 0.05) is 37.5 Å². The van der Waals surface area contributed by atoms with Crippen molar-refractivity contribution in [3.63, 3.8) is 0 Å². The lowest BCUT2D eigenvalue weighted by Crippen LogP contribution is -2.38. The van der Waals surface area contributed by atoms with Gasteiger partial charge in [-0.1, -0.05) is 0 Å². The molecular weight excluding hydrogens is 373 g/mol. The minimum absolute atomic E-state index is 0.0454. The average Bonchev–Trinajstić information content (AvgIpc) is 3.34. The van der Waals surface area contributed by atoms with Crippen LogP contribution in [0.25, 0.3) is 11.3 Å². The Morgan fingerprint density at radius 3 is 2.28 bits per heavy atom. The number of rotatable bonds is 4. The lowest BCUT2D eigenvalue weighted by molar-refractivity contribution is 0.0695. The topological polar surface area (TPSA) is 77.1 Å². The summed E-state index contributed by atoms with van der Waals surface area (Å²) in [5, 5.41) is 12.8. The largest absolute Gasteiger partial charge is 0.425 e. The fraction of sp³-hybridized carbons (Fsp3) is 0.429. The highest BCUT2D eigenvalue weighted by molar-refractivity contribution is 5.93. The molecule has 150 valence electrons. The maximum atomic E-state index is 13.2. The van der Waals surface area contributed by atoms with Crippen LogP contribution in [0, 0.1) is 5.82 Å². The molecule has 2 aromatic heterocycles. The van der Waals surface area contributed by atoms with Crippen molar-refractivity contribution in [2.75, 3.05) is 13.1 Å². The quantitative estimate of drug-likeness (QED) is 0.676. The number of amides is 1. The van der Waals surface area contributed by atoms with Crippen molar-refractivity contribution in [3.8, 4) is 11.3 Å². The highest BCUT2D eigenvalue weighted by Crippen LogP contribution is 2.40. The van der Waals surface area contributed by atoms with Crippen molar-refractivity contribution in [1.82, 2.24) is 24.9 Å². The fourth-order valence-corrected chi connectivity index (χ4v) is 3.83. The zero-order chi connectivity index (χ0) is 20.0. The van der Waals surface area contributed by atoms with Crippen LogP contribution in [-0.4, -0.2) is 43.9 Å². The van der Waals surface area contributed by atoms with Gasteiger partial charge in [-0.3, -0.25) is 9.48 Å². The molecule has 1 aliphatic carbocycles. The molecule has 3 aromatic rings. The summed E-state index contributed by atoms with van der Waals surface area (Å²) in [6, 6.07) is 7.88. The maximum Gasteiger partial charge on any atom is 0.272 e. The van der Waals surface area contributed by atoms with Crippen LogP contribution in [0.2, 0.25) is 0 Å².